The number of nitro groups is 1. The topological polar surface area (TPSA) is 110 Å². The first-order valence-corrected chi connectivity index (χ1v) is 7.79. The molecule has 8 heteroatoms. The fraction of sp³-hybridized carbons (Fsp3) is 0.500. The number of rotatable bonds is 5. The lowest BCUT2D eigenvalue weighted by atomic mass is 10.1. The lowest BCUT2D eigenvalue weighted by Crippen LogP contribution is -2.28. The van der Waals surface area contributed by atoms with Gasteiger partial charge in [-0.05, 0) is 37.3 Å². The molecule has 2 atom stereocenters. The Balaban J connectivity index is 2.00. The van der Waals surface area contributed by atoms with Gasteiger partial charge in [0.2, 0.25) is 10.0 Å². The lowest BCUT2D eigenvalue weighted by molar-refractivity contribution is -0.384. The molecule has 2 rings (SSSR count). The van der Waals surface area contributed by atoms with Gasteiger partial charge in [0.25, 0.3) is 5.69 Å². The Morgan fingerprint density at radius 1 is 1.30 bits per heavy atom. The van der Waals surface area contributed by atoms with Gasteiger partial charge in [0.1, 0.15) is 0 Å². The van der Waals surface area contributed by atoms with Gasteiger partial charge < -0.3 is 5.11 Å². The van der Waals surface area contributed by atoms with Crippen molar-refractivity contribution >= 4 is 15.7 Å². The summed E-state index contributed by atoms with van der Waals surface area (Å²) in [4.78, 5) is 9.93. The smallest absolute Gasteiger partial charge is 0.269 e. The summed E-state index contributed by atoms with van der Waals surface area (Å²) in [5.74, 6) is 0.137. The van der Waals surface area contributed by atoms with E-state index < -0.39 is 14.9 Å². The zero-order valence-corrected chi connectivity index (χ0v) is 11.5. The van der Waals surface area contributed by atoms with Crippen molar-refractivity contribution in [3.05, 3.63) is 34.4 Å². The standard InChI is InChI=1S/C12H16N2O5S/c15-11-4-1-9(7-11)8-13-20(18,19)12-5-2-10(3-6-12)14(16)17/h2-3,5-6,9,11,13,15H,1,4,7-8H2. The molecule has 0 bridgehead atoms. The maximum atomic E-state index is 12.0. The molecule has 0 saturated heterocycles. The minimum atomic E-state index is -3.66. The minimum absolute atomic E-state index is 0.00152. The van der Waals surface area contributed by atoms with Crippen molar-refractivity contribution in [1.82, 2.24) is 4.72 Å². The molecule has 0 heterocycles. The molecule has 1 aliphatic carbocycles. The quantitative estimate of drug-likeness (QED) is 0.623. The van der Waals surface area contributed by atoms with Crippen LogP contribution in [0.3, 0.4) is 0 Å². The summed E-state index contributed by atoms with van der Waals surface area (Å²) in [7, 11) is -3.66. The Hall–Kier alpha value is -1.51. The third-order valence-corrected chi connectivity index (χ3v) is 4.87. The number of nitrogens with zero attached hydrogens (tertiary/aromatic N) is 1. The van der Waals surface area contributed by atoms with Crippen LogP contribution in [0.25, 0.3) is 0 Å². The van der Waals surface area contributed by atoms with E-state index in [1.807, 2.05) is 0 Å². The second-order valence-corrected chi connectivity index (χ2v) is 6.70. The highest BCUT2D eigenvalue weighted by atomic mass is 32.2. The van der Waals surface area contributed by atoms with Gasteiger partial charge in [-0.15, -0.1) is 0 Å². The van der Waals surface area contributed by atoms with Crippen LogP contribution in [0.1, 0.15) is 19.3 Å². The molecule has 0 spiro atoms. The van der Waals surface area contributed by atoms with Gasteiger partial charge in [-0.2, -0.15) is 0 Å². The molecule has 20 heavy (non-hydrogen) atoms. The summed E-state index contributed by atoms with van der Waals surface area (Å²) in [6.07, 6.45) is 1.75. The maximum absolute atomic E-state index is 12.0. The fourth-order valence-corrected chi connectivity index (χ4v) is 3.41. The fourth-order valence-electron chi connectivity index (χ4n) is 2.29. The predicted octanol–water partition coefficient (Wildman–Crippen LogP) is 1.03. The summed E-state index contributed by atoms with van der Waals surface area (Å²) in [5, 5.41) is 19.9. The van der Waals surface area contributed by atoms with Gasteiger partial charge in [0.05, 0.1) is 15.9 Å². The number of nitrogens with one attached hydrogen (secondary N) is 1. The highest BCUT2D eigenvalue weighted by Crippen LogP contribution is 2.25. The van der Waals surface area contributed by atoms with Gasteiger partial charge in [0, 0.05) is 18.7 Å². The molecule has 1 aromatic rings. The van der Waals surface area contributed by atoms with Crippen LogP contribution < -0.4 is 4.72 Å². The first-order valence-electron chi connectivity index (χ1n) is 6.30. The minimum Gasteiger partial charge on any atom is -0.393 e. The Bertz CT molecular complexity index is 584. The third-order valence-electron chi connectivity index (χ3n) is 3.43. The van der Waals surface area contributed by atoms with Gasteiger partial charge in [0.15, 0.2) is 0 Å². The first kappa shape index (κ1) is 14.9. The molecule has 1 fully saturated rings. The lowest BCUT2D eigenvalue weighted by Gasteiger charge is -2.11. The summed E-state index contributed by atoms with van der Waals surface area (Å²) < 4.78 is 26.5. The Morgan fingerprint density at radius 3 is 2.45 bits per heavy atom. The van der Waals surface area contributed by atoms with Crippen LogP contribution in [0.4, 0.5) is 5.69 Å². The highest BCUT2D eigenvalue weighted by Gasteiger charge is 2.24. The summed E-state index contributed by atoms with van der Waals surface area (Å²) in [6, 6.07) is 4.75. The van der Waals surface area contributed by atoms with Gasteiger partial charge in [-0.25, -0.2) is 13.1 Å². The molecule has 0 radical (unpaired) electrons. The molecule has 0 amide bonds. The van der Waals surface area contributed by atoms with E-state index in [-0.39, 0.29) is 29.1 Å². The SMILES string of the molecule is O=[N+]([O-])c1ccc(S(=O)(=O)NCC2CCC(O)C2)cc1. The molecule has 7 nitrogen and oxygen atoms in total. The molecule has 2 N–H and O–H groups in total. The number of nitro benzene ring substituents is 1. The molecule has 1 aromatic carbocycles. The number of aliphatic hydroxyl groups excluding tert-OH is 1. The second kappa shape index (κ2) is 5.86. The number of hydrogen-bond acceptors (Lipinski definition) is 5. The summed E-state index contributed by atoms with van der Waals surface area (Å²) >= 11 is 0. The van der Waals surface area contributed by atoms with Crippen molar-refractivity contribution in [2.24, 2.45) is 5.92 Å². The van der Waals surface area contributed by atoms with Gasteiger partial charge in [-0.1, -0.05) is 0 Å². The normalized spacial score (nSPS) is 22.9. The van der Waals surface area contributed by atoms with Crippen molar-refractivity contribution in [3.63, 3.8) is 0 Å². The monoisotopic (exact) mass is 300 g/mol. The van der Waals surface area contributed by atoms with Crippen LogP contribution in [-0.2, 0) is 10.0 Å². The van der Waals surface area contributed by atoms with E-state index in [4.69, 9.17) is 0 Å². The number of aliphatic hydroxyl groups is 1. The molecular formula is C12H16N2O5S. The van der Waals surface area contributed by atoms with E-state index >= 15 is 0 Å². The van der Waals surface area contributed by atoms with Crippen molar-refractivity contribution in [2.75, 3.05) is 6.54 Å². The van der Waals surface area contributed by atoms with E-state index in [9.17, 15) is 23.6 Å². The molecule has 110 valence electrons. The predicted molar refractivity (Wildman–Crippen MR) is 71.6 cm³/mol. The first-order chi connectivity index (χ1) is 9.38. The zero-order valence-electron chi connectivity index (χ0n) is 10.7. The van der Waals surface area contributed by atoms with Crippen LogP contribution in [0.2, 0.25) is 0 Å². The van der Waals surface area contributed by atoms with Gasteiger partial charge in [-0.3, -0.25) is 10.1 Å². The van der Waals surface area contributed by atoms with E-state index in [0.29, 0.717) is 12.8 Å². The van der Waals surface area contributed by atoms with Crippen LogP contribution in [-0.4, -0.2) is 31.1 Å². The number of benzene rings is 1. The molecule has 2 unspecified atom stereocenters. The molecule has 0 aromatic heterocycles. The van der Waals surface area contributed by atoms with Crippen molar-refractivity contribution < 1.29 is 18.4 Å². The number of non-ortho nitro benzene ring substituents is 1. The highest BCUT2D eigenvalue weighted by molar-refractivity contribution is 7.89. The Kier molecular flexibility index (Phi) is 4.36. The van der Waals surface area contributed by atoms with E-state index in [0.717, 1.165) is 18.6 Å². The second-order valence-electron chi connectivity index (χ2n) is 4.94. The molecule has 0 aliphatic heterocycles. The van der Waals surface area contributed by atoms with Crippen molar-refractivity contribution in [2.45, 2.75) is 30.3 Å². The van der Waals surface area contributed by atoms with Crippen molar-refractivity contribution in [1.29, 1.82) is 0 Å². The molecular weight excluding hydrogens is 284 g/mol. The molecule has 1 aliphatic rings. The number of hydrogen-bond donors (Lipinski definition) is 2. The Morgan fingerprint density at radius 2 is 1.95 bits per heavy atom. The van der Waals surface area contributed by atoms with Crippen molar-refractivity contribution in [3.8, 4) is 0 Å². The average Bonchev–Trinajstić information content (AvgIpc) is 2.82. The van der Waals surface area contributed by atoms with Crippen LogP contribution in [0.15, 0.2) is 29.2 Å². The average molecular weight is 300 g/mol. The third kappa shape index (κ3) is 3.53. The molecule has 1 saturated carbocycles. The summed E-state index contributed by atoms with van der Waals surface area (Å²) in [6.45, 7) is 0.274. The van der Waals surface area contributed by atoms with E-state index in [1.54, 1.807) is 0 Å². The van der Waals surface area contributed by atoms with Crippen LogP contribution in [0, 0.1) is 16.0 Å². The zero-order chi connectivity index (χ0) is 14.8. The van der Waals surface area contributed by atoms with E-state index in [1.165, 1.54) is 12.1 Å². The Labute approximate surface area is 116 Å². The summed E-state index contributed by atoms with van der Waals surface area (Å²) in [5.41, 5.74) is -0.150. The van der Waals surface area contributed by atoms with Crippen LogP contribution >= 0.6 is 0 Å². The maximum Gasteiger partial charge on any atom is 0.269 e. The largest absolute Gasteiger partial charge is 0.393 e. The van der Waals surface area contributed by atoms with E-state index in [2.05, 4.69) is 4.72 Å². The van der Waals surface area contributed by atoms with Crippen LogP contribution in [0.5, 0.6) is 0 Å². The number of sulfonamides is 1. The van der Waals surface area contributed by atoms with Gasteiger partial charge >= 0.3 is 0 Å².